The molecule has 0 spiro atoms. The minimum absolute atomic E-state index is 0.573. The predicted octanol–water partition coefficient (Wildman–Crippen LogP) is 3.57. The van der Waals surface area contributed by atoms with Crippen LogP contribution in [0.5, 0.6) is 5.75 Å². The van der Waals surface area contributed by atoms with Crippen LogP contribution in [0, 0.1) is 0 Å². The third-order valence-corrected chi connectivity index (χ3v) is 3.08. The van der Waals surface area contributed by atoms with Crippen molar-refractivity contribution in [3.8, 4) is 5.75 Å². The van der Waals surface area contributed by atoms with Gasteiger partial charge in [0.2, 0.25) is 0 Å². The Kier molecular flexibility index (Phi) is 4.46. The van der Waals surface area contributed by atoms with Gasteiger partial charge in [-0.1, -0.05) is 38.1 Å². The van der Waals surface area contributed by atoms with E-state index in [1.807, 2.05) is 0 Å². The monoisotopic (exact) mass is 243 g/mol. The Morgan fingerprint density at radius 3 is 2.56 bits per heavy atom. The minimum atomic E-state index is 0.573. The molecule has 0 aliphatic carbocycles. The van der Waals surface area contributed by atoms with Crippen molar-refractivity contribution in [2.75, 3.05) is 19.7 Å². The van der Waals surface area contributed by atoms with Crippen molar-refractivity contribution in [1.29, 1.82) is 0 Å². The van der Waals surface area contributed by atoms with Crippen LogP contribution in [0.3, 0.4) is 0 Å². The molecule has 96 valence electrons. The summed E-state index contributed by atoms with van der Waals surface area (Å²) in [5, 5.41) is 0. The first-order valence-electron chi connectivity index (χ1n) is 6.56. The van der Waals surface area contributed by atoms with Gasteiger partial charge in [-0.25, -0.2) is 0 Å². The van der Waals surface area contributed by atoms with Crippen LogP contribution in [0.15, 0.2) is 48.7 Å². The summed E-state index contributed by atoms with van der Waals surface area (Å²) in [5.74, 6) is 1.53. The SMILES string of the molecule is CC(C)c1ccc(OCCN2C=CC=CC2)cc1. The molecule has 2 nitrogen and oxygen atoms in total. The van der Waals surface area contributed by atoms with E-state index in [0.29, 0.717) is 5.92 Å². The molecule has 0 N–H and O–H groups in total. The Morgan fingerprint density at radius 2 is 1.94 bits per heavy atom. The van der Waals surface area contributed by atoms with Crippen molar-refractivity contribution in [3.05, 3.63) is 54.3 Å². The van der Waals surface area contributed by atoms with Crippen molar-refractivity contribution < 1.29 is 4.74 Å². The Hall–Kier alpha value is -1.70. The summed E-state index contributed by atoms with van der Waals surface area (Å²) in [5.41, 5.74) is 1.35. The standard InChI is InChI=1S/C16H21NO/c1-14(2)15-6-8-16(9-7-15)18-13-12-17-10-4-3-5-11-17/h3-10,14H,11-13H2,1-2H3. The van der Waals surface area contributed by atoms with E-state index in [0.717, 1.165) is 25.4 Å². The maximum atomic E-state index is 5.74. The molecule has 0 saturated heterocycles. The zero-order valence-corrected chi connectivity index (χ0v) is 11.2. The highest BCUT2D eigenvalue weighted by Crippen LogP contribution is 2.18. The third kappa shape index (κ3) is 3.66. The molecule has 1 aliphatic rings. The van der Waals surface area contributed by atoms with Crippen LogP contribution < -0.4 is 4.74 Å². The first-order valence-corrected chi connectivity index (χ1v) is 6.56. The van der Waals surface area contributed by atoms with Gasteiger partial charge in [-0.3, -0.25) is 0 Å². The molecule has 0 radical (unpaired) electrons. The molecular formula is C16H21NO. The summed E-state index contributed by atoms with van der Waals surface area (Å²) >= 11 is 0. The van der Waals surface area contributed by atoms with Gasteiger partial charge in [-0.2, -0.15) is 0 Å². The van der Waals surface area contributed by atoms with Crippen LogP contribution in [0.25, 0.3) is 0 Å². The number of hydrogen-bond acceptors (Lipinski definition) is 2. The highest BCUT2D eigenvalue weighted by atomic mass is 16.5. The second kappa shape index (κ2) is 6.29. The van der Waals surface area contributed by atoms with Gasteiger partial charge in [-0.05, 0) is 35.9 Å². The Labute approximate surface area is 110 Å². The van der Waals surface area contributed by atoms with Gasteiger partial charge in [0.05, 0.1) is 6.54 Å². The fourth-order valence-electron chi connectivity index (χ4n) is 1.90. The summed E-state index contributed by atoms with van der Waals surface area (Å²) in [4.78, 5) is 2.24. The van der Waals surface area contributed by atoms with Crippen LogP contribution in [0.4, 0.5) is 0 Å². The normalized spacial score (nSPS) is 14.3. The summed E-state index contributed by atoms with van der Waals surface area (Å²) in [6.07, 6.45) is 8.38. The Bertz CT molecular complexity index is 417. The lowest BCUT2D eigenvalue weighted by molar-refractivity contribution is 0.263. The van der Waals surface area contributed by atoms with Crippen molar-refractivity contribution in [3.63, 3.8) is 0 Å². The molecule has 1 aliphatic heterocycles. The van der Waals surface area contributed by atoms with Gasteiger partial charge >= 0.3 is 0 Å². The number of allylic oxidation sites excluding steroid dienone is 2. The maximum Gasteiger partial charge on any atom is 0.119 e. The van der Waals surface area contributed by atoms with Crippen LogP contribution in [-0.2, 0) is 0 Å². The molecule has 2 heteroatoms. The molecule has 0 atom stereocenters. The lowest BCUT2D eigenvalue weighted by Gasteiger charge is -2.20. The van der Waals surface area contributed by atoms with Crippen molar-refractivity contribution >= 4 is 0 Å². The van der Waals surface area contributed by atoms with E-state index in [9.17, 15) is 0 Å². The van der Waals surface area contributed by atoms with E-state index in [-0.39, 0.29) is 0 Å². The Balaban J connectivity index is 1.76. The molecular weight excluding hydrogens is 222 g/mol. The lowest BCUT2D eigenvalue weighted by atomic mass is 10.0. The highest BCUT2D eigenvalue weighted by Gasteiger charge is 2.01. The molecule has 2 rings (SSSR count). The zero-order chi connectivity index (χ0) is 12.8. The number of benzene rings is 1. The summed E-state index contributed by atoms with van der Waals surface area (Å²) < 4.78 is 5.74. The average Bonchev–Trinajstić information content (AvgIpc) is 2.40. The molecule has 0 bridgehead atoms. The molecule has 0 saturated carbocycles. The van der Waals surface area contributed by atoms with Crippen molar-refractivity contribution in [1.82, 2.24) is 4.90 Å². The Morgan fingerprint density at radius 1 is 1.17 bits per heavy atom. The van der Waals surface area contributed by atoms with Crippen LogP contribution in [0.2, 0.25) is 0 Å². The van der Waals surface area contributed by atoms with Gasteiger partial charge in [0.1, 0.15) is 12.4 Å². The number of hydrogen-bond donors (Lipinski definition) is 0. The van der Waals surface area contributed by atoms with Crippen LogP contribution in [-0.4, -0.2) is 24.6 Å². The summed E-state index contributed by atoms with van der Waals surface area (Å²) in [6, 6.07) is 8.40. The summed E-state index contributed by atoms with van der Waals surface area (Å²) in [6.45, 7) is 7.02. The minimum Gasteiger partial charge on any atom is -0.492 e. The first-order chi connectivity index (χ1) is 8.75. The lowest BCUT2D eigenvalue weighted by Crippen LogP contribution is -2.24. The molecule has 0 aromatic heterocycles. The zero-order valence-electron chi connectivity index (χ0n) is 11.2. The summed E-state index contributed by atoms with van der Waals surface area (Å²) in [7, 11) is 0. The molecule has 1 aromatic rings. The quantitative estimate of drug-likeness (QED) is 0.784. The van der Waals surface area contributed by atoms with E-state index >= 15 is 0 Å². The molecule has 18 heavy (non-hydrogen) atoms. The van der Waals surface area contributed by atoms with Gasteiger partial charge in [-0.15, -0.1) is 0 Å². The highest BCUT2D eigenvalue weighted by molar-refractivity contribution is 5.28. The van der Waals surface area contributed by atoms with Gasteiger partial charge < -0.3 is 9.64 Å². The molecule has 1 aromatic carbocycles. The molecule has 0 unspecified atom stereocenters. The smallest absolute Gasteiger partial charge is 0.119 e. The maximum absolute atomic E-state index is 5.74. The number of ether oxygens (including phenoxy) is 1. The van der Waals surface area contributed by atoms with E-state index in [1.54, 1.807) is 0 Å². The molecule has 1 heterocycles. The van der Waals surface area contributed by atoms with Gasteiger partial charge in [0, 0.05) is 6.54 Å². The predicted molar refractivity (Wildman–Crippen MR) is 75.9 cm³/mol. The molecule has 0 fully saturated rings. The largest absolute Gasteiger partial charge is 0.492 e. The fourth-order valence-corrected chi connectivity index (χ4v) is 1.90. The molecule has 0 amide bonds. The van der Waals surface area contributed by atoms with E-state index < -0.39 is 0 Å². The van der Waals surface area contributed by atoms with Crippen LogP contribution in [0.1, 0.15) is 25.3 Å². The van der Waals surface area contributed by atoms with Gasteiger partial charge in [0.15, 0.2) is 0 Å². The number of rotatable bonds is 5. The van der Waals surface area contributed by atoms with Crippen LogP contribution >= 0.6 is 0 Å². The van der Waals surface area contributed by atoms with Crippen molar-refractivity contribution in [2.24, 2.45) is 0 Å². The average molecular weight is 243 g/mol. The second-order valence-electron chi connectivity index (χ2n) is 4.84. The van der Waals surface area contributed by atoms with E-state index in [2.05, 4.69) is 67.4 Å². The first kappa shape index (κ1) is 12.7. The van der Waals surface area contributed by atoms with E-state index in [1.165, 1.54) is 5.56 Å². The fraction of sp³-hybridized carbons (Fsp3) is 0.375. The third-order valence-electron chi connectivity index (χ3n) is 3.08. The second-order valence-corrected chi connectivity index (χ2v) is 4.84. The van der Waals surface area contributed by atoms with Gasteiger partial charge in [0.25, 0.3) is 0 Å². The topological polar surface area (TPSA) is 12.5 Å². The van der Waals surface area contributed by atoms with E-state index in [4.69, 9.17) is 4.74 Å². The number of nitrogens with zero attached hydrogens (tertiary/aromatic N) is 1. The van der Waals surface area contributed by atoms with Crippen molar-refractivity contribution in [2.45, 2.75) is 19.8 Å².